The first kappa shape index (κ1) is 16.9. The maximum Gasteiger partial charge on any atom is 0.223 e. The second-order valence-electron chi connectivity index (χ2n) is 6.01. The normalized spacial score (nSPS) is 10.7. The Morgan fingerprint density at radius 2 is 1.81 bits per heavy atom. The second-order valence-corrected chi connectivity index (χ2v) is 6.01. The number of aromatic nitrogens is 5. The Morgan fingerprint density at radius 1 is 0.963 bits per heavy atom. The fourth-order valence-electron chi connectivity index (χ4n) is 3.04. The summed E-state index contributed by atoms with van der Waals surface area (Å²) in [6, 6.07) is 19.9. The monoisotopic (exact) mass is 357 g/mol. The minimum absolute atomic E-state index is 0.481. The van der Waals surface area contributed by atoms with E-state index >= 15 is 0 Å². The first-order valence-corrected chi connectivity index (χ1v) is 8.78. The molecule has 27 heavy (non-hydrogen) atoms. The molecule has 0 amide bonds. The molecule has 6 nitrogen and oxygen atoms in total. The van der Waals surface area contributed by atoms with Crippen LogP contribution in [0.4, 0.5) is 0 Å². The largest absolute Gasteiger partial charge is 0.496 e. The van der Waals surface area contributed by atoms with E-state index in [-0.39, 0.29) is 0 Å². The van der Waals surface area contributed by atoms with Crippen molar-refractivity contribution < 1.29 is 4.74 Å². The van der Waals surface area contributed by atoms with Crippen molar-refractivity contribution in [3.8, 4) is 34.1 Å². The maximum atomic E-state index is 5.65. The number of hydrogen-bond acceptors (Lipinski definition) is 5. The fourth-order valence-corrected chi connectivity index (χ4v) is 3.04. The summed E-state index contributed by atoms with van der Waals surface area (Å²) in [6.07, 6.45) is 2.66. The highest BCUT2D eigenvalue weighted by Gasteiger charge is 2.13. The van der Waals surface area contributed by atoms with Gasteiger partial charge in [-0.05, 0) is 47.0 Å². The lowest BCUT2D eigenvalue weighted by atomic mass is 9.97. The summed E-state index contributed by atoms with van der Waals surface area (Å²) in [4.78, 5) is 5.75. The minimum Gasteiger partial charge on any atom is -0.496 e. The number of ether oxygens (including phenoxy) is 1. The number of tetrazole rings is 1. The minimum atomic E-state index is 0.481. The van der Waals surface area contributed by atoms with E-state index < -0.39 is 0 Å². The van der Waals surface area contributed by atoms with Crippen LogP contribution in [0, 0.1) is 0 Å². The molecule has 0 aliphatic rings. The van der Waals surface area contributed by atoms with E-state index in [1.807, 2.05) is 42.5 Å². The first-order valence-electron chi connectivity index (χ1n) is 8.78. The summed E-state index contributed by atoms with van der Waals surface area (Å²) in [5, 5.41) is 12.7. The quantitative estimate of drug-likeness (QED) is 0.541. The number of methoxy groups -OCH3 is 1. The first-order chi connectivity index (χ1) is 13.3. The van der Waals surface area contributed by atoms with Crippen molar-refractivity contribution in [2.75, 3.05) is 7.11 Å². The molecule has 0 unspecified atom stereocenters. The second kappa shape index (κ2) is 7.37. The summed E-state index contributed by atoms with van der Waals surface area (Å²) in [6.45, 7) is 2.15. The van der Waals surface area contributed by atoms with Crippen LogP contribution in [0.25, 0.3) is 28.3 Å². The summed E-state index contributed by atoms with van der Waals surface area (Å²) >= 11 is 0. The molecule has 0 N–H and O–H groups in total. The molecule has 0 bridgehead atoms. The molecule has 2 heterocycles. The van der Waals surface area contributed by atoms with Gasteiger partial charge in [-0.15, -0.1) is 15.0 Å². The van der Waals surface area contributed by atoms with Crippen LogP contribution in [0.5, 0.6) is 5.75 Å². The highest BCUT2D eigenvalue weighted by Crippen LogP contribution is 2.34. The number of nitrogens with zero attached hydrogens (tertiary/aromatic N) is 5. The summed E-state index contributed by atoms with van der Waals surface area (Å²) in [7, 11) is 1.67. The molecular weight excluding hydrogens is 338 g/mol. The van der Waals surface area contributed by atoms with Gasteiger partial charge in [0.25, 0.3) is 0 Å². The van der Waals surface area contributed by atoms with Gasteiger partial charge in [-0.1, -0.05) is 37.3 Å². The number of hydrogen-bond donors (Lipinski definition) is 0. The van der Waals surface area contributed by atoms with E-state index in [1.165, 1.54) is 15.9 Å². The lowest BCUT2D eigenvalue weighted by molar-refractivity contribution is 0.416. The molecule has 0 saturated carbocycles. The van der Waals surface area contributed by atoms with E-state index in [0.717, 1.165) is 23.4 Å². The van der Waals surface area contributed by atoms with Crippen LogP contribution in [0.15, 0.2) is 66.9 Å². The van der Waals surface area contributed by atoms with Gasteiger partial charge < -0.3 is 4.74 Å². The molecule has 0 aliphatic carbocycles. The molecule has 0 fully saturated rings. The number of benzene rings is 2. The zero-order valence-electron chi connectivity index (χ0n) is 15.2. The third-order valence-corrected chi connectivity index (χ3v) is 4.41. The molecule has 134 valence electrons. The van der Waals surface area contributed by atoms with Crippen molar-refractivity contribution >= 4 is 0 Å². The Morgan fingerprint density at radius 3 is 2.59 bits per heavy atom. The van der Waals surface area contributed by atoms with Crippen LogP contribution in [0.3, 0.4) is 0 Å². The third kappa shape index (κ3) is 3.29. The molecule has 2 aromatic heterocycles. The van der Waals surface area contributed by atoms with Crippen LogP contribution in [0.1, 0.15) is 12.5 Å². The average molecular weight is 357 g/mol. The average Bonchev–Trinajstić information content (AvgIpc) is 3.24. The lowest BCUT2D eigenvalue weighted by Gasteiger charge is -2.13. The topological polar surface area (TPSA) is 65.7 Å². The summed E-state index contributed by atoms with van der Waals surface area (Å²) < 4.78 is 5.65. The number of rotatable bonds is 5. The van der Waals surface area contributed by atoms with Crippen LogP contribution in [-0.4, -0.2) is 32.3 Å². The van der Waals surface area contributed by atoms with Crippen molar-refractivity contribution in [1.29, 1.82) is 0 Å². The Kier molecular flexibility index (Phi) is 4.61. The molecule has 4 rings (SSSR count). The summed E-state index contributed by atoms with van der Waals surface area (Å²) in [5.74, 6) is 1.25. The summed E-state index contributed by atoms with van der Waals surface area (Å²) in [5.41, 5.74) is 4.95. The Bertz CT molecular complexity index is 1060. The molecule has 0 aliphatic heterocycles. The number of pyridine rings is 1. The maximum absolute atomic E-state index is 5.65. The standard InChI is InChI=1S/C21H19N5O/c1-3-15-8-4-5-9-17(15)18-12-11-16(14-20(18)27-2)26-24-21(23-25-26)19-10-6-7-13-22-19/h4-14H,3H2,1-2H3. The van der Waals surface area contributed by atoms with Crippen LogP contribution in [-0.2, 0) is 6.42 Å². The van der Waals surface area contributed by atoms with Crippen molar-refractivity contribution in [3.63, 3.8) is 0 Å². The van der Waals surface area contributed by atoms with Gasteiger partial charge in [0.1, 0.15) is 11.4 Å². The molecule has 0 spiro atoms. The van der Waals surface area contributed by atoms with Gasteiger partial charge in [-0.25, -0.2) is 0 Å². The van der Waals surface area contributed by atoms with Gasteiger partial charge in [0.2, 0.25) is 5.82 Å². The highest BCUT2D eigenvalue weighted by atomic mass is 16.5. The number of aryl methyl sites for hydroxylation is 1. The van der Waals surface area contributed by atoms with E-state index in [0.29, 0.717) is 11.5 Å². The van der Waals surface area contributed by atoms with Gasteiger partial charge in [-0.3, -0.25) is 4.98 Å². The van der Waals surface area contributed by atoms with Gasteiger partial charge in [-0.2, -0.15) is 0 Å². The molecule has 0 atom stereocenters. The fraction of sp³-hybridized carbons (Fsp3) is 0.143. The Balaban J connectivity index is 1.73. The van der Waals surface area contributed by atoms with E-state index in [9.17, 15) is 0 Å². The van der Waals surface area contributed by atoms with E-state index in [4.69, 9.17) is 4.74 Å². The Hall–Kier alpha value is -3.54. The molecule has 0 saturated heterocycles. The molecule has 0 radical (unpaired) electrons. The zero-order valence-corrected chi connectivity index (χ0v) is 15.2. The predicted molar refractivity (Wildman–Crippen MR) is 104 cm³/mol. The van der Waals surface area contributed by atoms with E-state index in [1.54, 1.807) is 13.3 Å². The SMILES string of the molecule is CCc1ccccc1-c1ccc(-n2nnc(-c3ccccn3)n2)cc1OC. The zero-order chi connectivity index (χ0) is 18.6. The third-order valence-electron chi connectivity index (χ3n) is 4.41. The van der Waals surface area contributed by atoms with Crippen LogP contribution >= 0.6 is 0 Å². The van der Waals surface area contributed by atoms with Gasteiger partial charge in [0.15, 0.2) is 0 Å². The molecule has 4 aromatic rings. The van der Waals surface area contributed by atoms with Crippen LogP contribution in [0.2, 0.25) is 0 Å². The highest BCUT2D eigenvalue weighted by molar-refractivity contribution is 5.74. The van der Waals surface area contributed by atoms with Crippen molar-refractivity contribution in [1.82, 2.24) is 25.2 Å². The lowest BCUT2D eigenvalue weighted by Crippen LogP contribution is -2.01. The van der Waals surface area contributed by atoms with Gasteiger partial charge in [0, 0.05) is 17.8 Å². The molecule has 2 aromatic carbocycles. The predicted octanol–water partition coefficient (Wildman–Crippen LogP) is 3.96. The molecule has 6 heteroatoms. The molecular formula is C21H19N5O. The van der Waals surface area contributed by atoms with Crippen LogP contribution < -0.4 is 4.74 Å². The van der Waals surface area contributed by atoms with Crippen molar-refractivity contribution in [2.45, 2.75) is 13.3 Å². The van der Waals surface area contributed by atoms with Gasteiger partial charge in [0.05, 0.1) is 12.8 Å². The smallest absolute Gasteiger partial charge is 0.223 e. The Labute approximate surface area is 157 Å². The van der Waals surface area contributed by atoms with Crippen molar-refractivity contribution in [3.05, 3.63) is 72.4 Å². The van der Waals surface area contributed by atoms with E-state index in [2.05, 4.69) is 45.5 Å². The van der Waals surface area contributed by atoms with Crippen molar-refractivity contribution in [2.24, 2.45) is 0 Å². The van der Waals surface area contributed by atoms with Gasteiger partial charge >= 0.3 is 0 Å².